The monoisotopic (exact) mass is 252 g/mol. The molecule has 1 atom stereocenters. The number of nitrogen functional groups attached to an aromatic ring is 1. The van der Waals surface area contributed by atoms with Gasteiger partial charge in [-0.15, -0.1) is 11.8 Å². The van der Waals surface area contributed by atoms with E-state index in [0.717, 1.165) is 18.6 Å². The van der Waals surface area contributed by atoms with Gasteiger partial charge in [0.25, 0.3) is 0 Å². The number of nitrogens with one attached hydrogen (secondary N) is 1. The minimum absolute atomic E-state index is 0.00509. The summed E-state index contributed by atoms with van der Waals surface area (Å²) in [6.45, 7) is 0. The van der Waals surface area contributed by atoms with E-state index in [1.165, 1.54) is 18.6 Å². The molecule has 1 amide bonds. The van der Waals surface area contributed by atoms with E-state index in [-0.39, 0.29) is 16.9 Å². The number of hydrogen-bond donors (Lipinski definition) is 3. The van der Waals surface area contributed by atoms with Crippen molar-refractivity contribution in [1.82, 2.24) is 0 Å². The molecule has 1 unspecified atom stereocenters. The normalized spacial score (nSPS) is 19.9. The molecule has 0 saturated carbocycles. The molecule has 0 radical (unpaired) electrons. The molecule has 1 saturated heterocycles. The Morgan fingerprint density at radius 2 is 2.29 bits per heavy atom. The number of benzene rings is 1. The van der Waals surface area contributed by atoms with Crippen molar-refractivity contribution >= 4 is 29.0 Å². The summed E-state index contributed by atoms with van der Waals surface area (Å²) in [5.74, 6) is 1.12. The zero-order valence-corrected chi connectivity index (χ0v) is 10.3. The SMILES string of the molecule is Nc1ccc(O)cc1NC(=O)C1CCCCS1. The van der Waals surface area contributed by atoms with Crippen LogP contribution in [0.25, 0.3) is 0 Å². The van der Waals surface area contributed by atoms with Gasteiger partial charge in [-0.1, -0.05) is 6.42 Å². The predicted octanol–water partition coefficient (Wildman–Crippen LogP) is 2.20. The van der Waals surface area contributed by atoms with E-state index in [1.54, 1.807) is 17.8 Å². The van der Waals surface area contributed by atoms with Crippen molar-refractivity contribution < 1.29 is 9.90 Å². The van der Waals surface area contributed by atoms with E-state index in [4.69, 9.17) is 5.73 Å². The number of phenolic OH excluding ortho intramolecular Hbond substituents is 1. The van der Waals surface area contributed by atoms with Crippen molar-refractivity contribution in [2.75, 3.05) is 16.8 Å². The van der Waals surface area contributed by atoms with Gasteiger partial charge in [-0.3, -0.25) is 4.79 Å². The lowest BCUT2D eigenvalue weighted by molar-refractivity contribution is -0.115. The molecule has 1 aliphatic rings. The van der Waals surface area contributed by atoms with Gasteiger partial charge in [0.1, 0.15) is 5.75 Å². The molecule has 4 N–H and O–H groups in total. The summed E-state index contributed by atoms with van der Waals surface area (Å²) in [5, 5.41) is 12.1. The second-order valence-electron chi connectivity index (χ2n) is 4.12. The number of aromatic hydroxyl groups is 1. The molecule has 0 aliphatic carbocycles. The number of anilines is 2. The number of thioether (sulfide) groups is 1. The largest absolute Gasteiger partial charge is 0.508 e. The van der Waals surface area contributed by atoms with Crippen LogP contribution in [0, 0.1) is 0 Å². The van der Waals surface area contributed by atoms with Crippen molar-refractivity contribution in [2.45, 2.75) is 24.5 Å². The fourth-order valence-electron chi connectivity index (χ4n) is 1.81. The van der Waals surface area contributed by atoms with Crippen LogP contribution in [0.4, 0.5) is 11.4 Å². The zero-order chi connectivity index (χ0) is 12.3. The van der Waals surface area contributed by atoms with Gasteiger partial charge in [0.2, 0.25) is 5.91 Å². The van der Waals surface area contributed by atoms with Crippen LogP contribution in [-0.2, 0) is 4.79 Å². The van der Waals surface area contributed by atoms with Crippen LogP contribution in [0.3, 0.4) is 0 Å². The number of carbonyl (C=O) groups is 1. The highest BCUT2D eigenvalue weighted by Crippen LogP contribution is 2.28. The average Bonchev–Trinajstić information content (AvgIpc) is 2.35. The van der Waals surface area contributed by atoms with E-state index in [2.05, 4.69) is 5.32 Å². The molecule has 0 spiro atoms. The van der Waals surface area contributed by atoms with Crippen molar-refractivity contribution in [3.8, 4) is 5.75 Å². The van der Waals surface area contributed by atoms with Crippen LogP contribution in [0.2, 0.25) is 0 Å². The Bertz CT molecular complexity index is 417. The molecule has 1 heterocycles. The maximum absolute atomic E-state index is 12.0. The van der Waals surface area contributed by atoms with E-state index in [0.29, 0.717) is 11.4 Å². The zero-order valence-electron chi connectivity index (χ0n) is 9.48. The molecule has 92 valence electrons. The Hall–Kier alpha value is -1.36. The average molecular weight is 252 g/mol. The maximum Gasteiger partial charge on any atom is 0.237 e. The van der Waals surface area contributed by atoms with Crippen LogP contribution in [0.5, 0.6) is 5.75 Å². The first-order valence-electron chi connectivity index (χ1n) is 5.68. The molecule has 1 aromatic rings. The summed E-state index contributed by atoms with van der Waals surface area (Å²) >= 11 is 1.69. The Balaban J connectivity index is 2.04. The van der Waals surface area contributed by atoms with Gasteiger partial charge >= 0.3 is 0 Å². The fourth-order valence-corrected chi connectivity index (χ4v) is 3.01. The number of rotatable bonds is 2. The lowest BCUT2D eigenvalue weighted by atomic mass is 10.1. The molecule has 1 aliphatic heterocycles. The van der Waals surface area contributed by atoms with E-state index < -0.39 is 0 Å². The molecule has 1 fully saturated rings. The van der Waals surface area contributed by atoms with Crippen LogP contribution in [-0.4, -0.2) is 22.0 Å². The third-order valence-electron chi connectivity index (χ3n) is 2.77. The number of hydrogen-bond acceptors (Lipinski definition) is 4. The summed E-state index contributed by atoms with van der Waals surface area (Å²) in [6, 6.07) is 4.56. The quantitative estimate of drug-likeness (QED) is 0.557. The van der Waals surface area contributed by atoms with Gasteiger partial charge in [0.15, 0.2) is 0 Å². The van der Waals surface area contributed by atoms with Gasteiger partial charge < -0.3 is 16.2 Å². The molecular weight excluding hydrogens is 236 g/mol. The van der Waals surface area contributed by atoms with E-state index in [1.807, 2.05) is 0 Å². The van der Waals surface area contributed by atoms with Gasteiger partial charge in [0.05, 0.1) is 16.6 Å². The molecule has 2 rings (SSSR count). The van der Waals surface area contributed by atoms with Crippen molar-refractivity contribution in [2.24, 2.45) is 0 Å². The second kappa shape index (κ2) is 5.31. The van der Waals surface area contributed by atoms with Crippen LogP contribution in [0.15, 0.2) is 18.2 Å². The summed E-state index contributed by atoms with van der Waals surface area (Å²) in [4.78, 5) is 12.0. The Morgan fingerprint density at radius 3 is 3.00 bits per heavy atom. The molecular formula is C12H16N2O2S. The summed E-state index contributed by atoms with van der Waals surface area (Å²) in [7, 11) is 0. The van der Waals surface area contributed by atoms with Gasteiger partial charge in [0, 0.05) is 6.07 Å². The highest BCUT2D eigenvalue weighted by atomic mass is 32.2. The smallest absolute Gasteiger partial charge is 0.237 e. The number of phenols is 1. The summed E-state index contributed by atoms with van der Waals surface area (Å²) in [5.41, 5.74) is 6.69. The number of carbonyl (C=O) groups excluding carboxylic acids is 1. The molecule has 0 bridgehead atoms. The van der Waals surface area contributed by atoms with Gasteiger partial charge in [-0.25, -0.2) is 0 Å². The molecule has 4 nitrogen and oxygen atoms in total. The first kappa shape index (κ1) is 12.1. The molecule has 1 aromatic carbocycles. The van der Waals surface area contributed by atoms with Gasteiger partial charge in [-0.2, -0.15) is 0 Å². The Labute approximate surface area is 105 Å². The predicted molar refractivity (Wildman–Crippen MR) is 71.2 cm³/mol. The first-order valence-corrected chi connectivity index (χ1v) is 6.72. The van der Waals surface area contributed by atoms with E-state index in [9.17, 15) is 9.90 Å². The van der Waals surface area contributed by atoms with Crippen molar-refractivity contribution in [1.29, 1.82) is 0 Å². The van der Waals surface area contributed by atoms with E-state index >= 15 is 0 Å². The first-order chi connectivity index (χ1) is 8.16. The second-order valence-corrected chi connectivity index (χ2v) is 5.43. The van der Waals surface area contributed by atoms with Crippen LogP contribution < -0.4 is 11.1 Å². The highest BCUT2D eigenvalue weighted by molar-refractivity contribution is 8.00. The fraction of sp³-hybridized carbons (Fsp3) is 0.417. The van der Waals surface area contributed by atoms with Crippen molar-refractivity contribution in [3.63, 3.8) is 0 Å². The summed E-state index contributed by atoms with van der Waals surface area (Å²) in [6.07, 6.45) is 3.19. The third-order valence-corrected chi connectivity index (χ3v) is 4.14. The summed E-state index contributed by atoms with van der Waals surface area (Å²) < 4.78 is 0. The Morgan fingerprint density at radius 1 is 1.47 bits per heavy atom. The van der Waals surface area contributed by atoms with Gasteiger partial charge in [-0.05, 0) is 30.7 Å². The van der Waals surface area contributed by atoms with Crippen LogP contribution >= 0.6 is 11.8 Å². The molecule has 5 heteroatoms. The lowest BCUT2D eigenvalue weighted by Crippen LogP contribution is -2.27. The van der Waals surface area contributed by atoms with Crippen LogP contribution in [0.1, 0.15) is 19.3 Å². The Kier molecular flexibility index (Phi) is 3.78. The topological polar surface area (TPSA) is 75.3 Å². The molecule has 17 heavy (non-hydrogen) atoms. The third kappa shape index (κ3) is 3.06. The highest BCUT2D eigenvalue weighted by Gasteiger charge is 2.22. The minimum atomic E-state index is -0.0213. The number of amides is 1. The maximum atomic E-state index is 12.0. The van der Waals surface area contributed by atoms with Crippen molar-refractivity contribution in [3.05, 3.63) is 18.2 Å². The standard InChI is InChI=1S/C12H16N2O2S/c13-9-5-4-8(15)7-10(9)14-12(16)11-3-1-2-6-17-11/h4-5,7,11,15H,1-3,6,13H2,(H,14,16). The minimum Gasteiger partial charge on any atom is -0.508 e. The lowest BCUT2D eigenvalue weighted by Gasteiger charge is -2.20. The number of nitrogens with two attached hydrogens (primary N) is 1. The molecule has 0 aromatic heterocycles.